The summed E-state index contributed by atoms with van der Waals surface area (Å²) in [6.07, 6.45) is -0.238. The molecule has 3 aliphatic heterocycles. The first-order valence-electron chi connectivity index (χ1n) is 12.4. The van der Waals surface area contributed by atoms with Gasteiger partial charge in [0, 0.05) is 35.0 Å². The van der Waals surface area contributed by atoms with E-state index in [1.165, 1.54) is 28.7 Å². The van der Waals surface area contributed by atoms with Gasteiger partial charge in [0.25, 0.3) is 5.91 Å². The lowest BCUT2D eigenvalue weighted by molar-refractivity contribution is -0.0209. The molecule has 3 aromatic rings. The van der Waals surface area contributed by atoms with E-state index >= 15 is 4.39 Å². The number of thioether (sulfide) groups is 1. The summed E-state index contributed by atoms with van der Waals surface area (Å²) in [6, 6.07) is 10.7. The molecule has 0 N–H and O–H groups in total. The van der Waals surface area contributed by atoms with Gasteiger partial charge >= 0.3 is 6.16 Å². The Labute approximate surface area is 230 Å². The summed E-state index contributed by atoms with van der Waals surface area (Å²) in [5, 5.41) is 1.82. The maximum atomic E-state index is 15.3. The lowest BCUT2D eigenvalue weighted by Gasteiger charge is -2.51. The largest absolute Gasteiger partial charge is 0.510 e. The number of benzene rings is 2. The van der Waals surface area contributed by atoms with Crippen molar-refractivity contribution in [2.24, 2.45) is 0 Å². The number of fused-ring (bicyclic) bond motifs is 4. The molecule has 1 unspecified atom stereocenters. The third-order valence-corrected chi connectivity index (χ3v) is 8.20. The molecule has 2 aromatic carbocycles. The van der Waals surface area contributed by atoms with Crippen LogP contribution < -0.4 is 15.2 Å². The SMILES string of the molecule is COC(=O)OCOc1c2n(ccc1=O)N(C1c3ccccc3SCc3c1ccc(F)c3F)[C@H]1COCCN1C2=O. The van der Waals surface area contributed by atoms with E-state index in [4.69, 9.17) is 14.2 Å². The van der Waals surface area contributed by atoms with E-state index in [0.717, 1.165) is 23.6 Å². The Kier molecular flexibility index (Phi) is 6.84. The Morgan fingerprint density at radius 1 is 1.12 bits per heavy atom. The molecule has 1 aromatic heterocycles. The van der Waals surface area contributed by atoms with Crippen molar-refractivity contribution in [1.29, 1.82) is 0 Å². The van der Waals surface area contributed by atoms with Gasteiger partial charge in [-0.3, -0.25) is 19.3 Å². The second kappa shape index (κ2) is 10.5. The van der Waals surface area contributed by atoms with Crippen molar-refractivity contribution in [1.82, 2.24) is 9.58 Å². The number of halogens is 2. The number of carbonyl (C=O) groups excluding carboxylic acids is 2. The Bertz CT molecular complexity index is 1570. The number of hydrogen-bond donors (Lipinski definition) is 0. The average molecular weight is 572 g/mol. The van der Waals surface area contributed by atoms with Gasteiger partial charge < -0.3 is 23.8 Å². The Morgan fingerprint density at radius 3 is 2.77 bits per heavy atom. The third-order valence-electron chi connectivity index (χ3n) is 7.08. The molecule has 1 saturated heterocycles. The van der Waals surface area contributed by atoms with Crippen LogP contribution in [0.15, 0.2) is 58.4 Å². The van der Waals surface area contributed by atoms with Gasteiger partial charge in [-0.15, -0.1) is 11.8 Å². The second-order valence-corrected chi connectivity index (χ2v) is 10.2. The number of hydrogen-bond acceptors (Lipinski definition) is 9. The van der Waals surface area contributed by atoms with E-state index in [9.17, 15) is 18.8 Å². The van der Waals surface area contributed by atoms with Crippen LogP contribution in [0, 0.1) is 11.6 Å². The van der Waals surface area contributed by atoms with E-state index in [1.54, 1.807) is 11.0 Å². The second-order valence-electron chi connectivity index (χ2n) is 9.16. The Balaban J connectivity index is 1.58. The maximum Gasteiger partial charge on any atom is 0.510 e. The summed E-state index contributed by atoms with van der Waals surface area (Å²) in [5.74, 6) is -2.51. The molecule has 2 atom stereocenters. The Hall–Kier alpha value is -4.10. The molecule has 0 bridgehead atoms. The number of amides is 1. The third kappa shape index (κ3) is 4.25. The van der Waals surface area contributed by atoms with E-state index < -0.39 is 48.1 Å². The minimum Gasteiger partial charge on any atom is -0.451 e. The quantitative estimate of drug-likeness (QED) is 0.345. The van der Waals surface area contributed by atoms with Crippen molar-refractivity contribution in [2.75, 3.05) is 38.7 Å². The highest BCUT2D eigenvalue weighted by atomic mass is 32.2. The standard InChI is InChI=1S/C27H23F2N3O7S/c1-36-27(35)39-14-38-25-19(33)8-9-31-24(25)26(34)30-10-11-37-12-21(30)32(31)23-15-6-7-18(28)22(29)17(15)13-40-20-5-3-2-4-16(20)23/h2-9,21,23H,10-14H2,1H3/t21-,23?/m0/s1. The topological polar surface area (TPSA) is 99.5 Å². The summed E-state index contributed by atoms with van der Waals surface area (Å²) < 4.78 is 51.7. The minimum atomic E-state index is -1.02. The number of morpholine rings is 1. The number of rotatable bonds is 4. The molecule has 0 radical (unpaired) electrons. The van der Waals surface area contributed by atoms with Crippen LogP contribution in [-0.2, 0) is 20.0 Å². The lowest BCUT2D eigenvalue weighted by Crippen LogP contribution is -2.66. The van der Waals surface area contributed by atoms with Crippen LogP contribution in [0.2, 0.25) is 0 Å². The van der Waals surface area contributed by atoms with Gasteiger partial charge in [-0.1, -0.05) is 24.3 Å². The zero-order chi connectivity index (χ0) is 28.0. The van der Waals surface area contributed by atoms with Crippen molar-refractivity contribution >= 4 is 23.8 Å². The van der Waals surface area contributed by atoms with Gasteiger partial charge in [0.2, 0.25) is 18.0 Å². The molecule has 6 rings (SSSR count). The average Bonchev–Trinajstić information content (AvgIpc) is 3.13. The minimum absolute atomic E-state index is 0.0994. The van der Waals surface area contributed by atoms with Gasteiger partial charge in [0.05, 0.1) is 26.4 Å². The number of ether oxygens (including phenoxy) is 4. The molecule has 0 spiro atoms. The number of methoxy groups -OCH3 is 1. The number of pyridine rings is 1. The van der Waals surface area contributed by atoms with Crippen LogP contribution in [0.1, 0.15) is 33.2 Å². The fourth-order valence-electron chi connectivity index (χ4n) is 5.31. The lowest BCUT2D eigenvalue weighted by atomic mass is 9.93. The molecular weight excluding hydrogens is 548 g/mol. The fraction of sp³-hybridized carbons (Fsp3) is 0.296. The van der Waals surface area contributed by atoms with Crippen LogP contribution in [0.3, 0.4) is 0 Å². The number of carbonyl (C=O) groups is 2. The van der Waals surface area contributed by atoms with Crippen LogP contribution in [0.4, 0.5) is 13.6 Å². The van der Waals surface area contributed by atoms with E-state index in [-0.39, 0.29) is 42.5 Å². The monoisotopic (exact) mass is 571 g/mol. The van der Waals surface area contributed by atoms with Gasteiger partial charge in [0.1, 0.15) is 6.17 Å². The molecule has 0 aliphatic carbocycles. The first-order chi connectivity index (χ1) is 19.4. The van der Waals surface area contributed by atoms with Gasteiger partial charge in [-0.2, -0.15) is 0 Å². The molecule has 40 heavy (non-hydrogen) atoms. The van der Waals surface area contributed by atoms with Gasteiger partial charge in [0.15, 0.2) is 17.3 Å². The summed E-state index contributed by atoms with van der Waals surface area (Å²) in [4.78, 5) is 40.6. The van der Waals surface area contributed by atoms with Crippen molar-refractivity contribution in [3.05, 3.63) is 92.9 Å². The zero-order valence-corrected chi connectivity index (χ0v) is 22.0. The summed E-state index contributed by atoms with van der Waals surface area (Å²) >= 11 is 1.39. The van der Waals surface area contributed by atoms with Gasteiger partial charge in [-0.25, -0.2) is 13.6 Å². The number of nitrogens with zero attached hydrogens (tertiary/aromatic N) is 3. The first kappa shape index (κ1) is 26.1. The Morgan fingerprint density at radius 2 is 1.95 bits per heavy atom. The number of aromatic nitrogens is 1. The normalized spacial score (nSPS) is 19.5. The smallest absolute Gasteiger partial charge is 0.451 e. The molecule has 1 fully saturated rings. The van der Waals surface area contributed by atoms with E-state index in [2.05, 4.69) is 4.74 Å². The maximum absolute atomic E-state index is 15.3. The van der Waals surface area contributed by atoms with E-state index in [1.807, 2.05) is 29.3 Å². The molecule has 0 saturated carbocycles. The molecule has 1 amide bonds. The predicted octanol–water partition coefficient (Wildman–Crippen LogP) is 3.39. The molecule has 10 nitrogen and oxygen atoms in total. The fourth-order valence-corrected chi connectivity index (χ4v) is 6.42. The van der Waals surface area contributed by atoms with Crippen molar-refractivity contribution in [3.63, 3.8) is 0 Å². The first-order valence-corrected chi connectivity index (χ1v) is 13.3. The predicted molar refractivity (Wildman–Crippen MR) is 138 cm³/mol. The van der Waals surface area contributed by atoms with Crippen molar-refractivity contribution in [3.8, 4) is 5.75 Å². The highest BCUT2D eigenvalue weighted by Gasteiger charge is 2.46. The van der Waals surface area contributed by atoms with Crippen LogP contribution in [-0.4, -0.2) is 61.5 Å². The van der Waals surface area contributed by atoms with Gasteiger partial charge in [-0.05, 0) is 23.3 Å². The van der Waals surface area contributed by atoms with Crippen LogP contribution >= 0.6 is 11.8 Å². The molecule has 3 aliphatic rings. The highest BCUT2D eigenvalue weighted by molar-refractivity contribution is 7.98. The summed E-state index contributed by atoms with van der Waals surface area (Å²) in [6.45, 7) is -0.0595. The van der Waals surface area contributed by atoms with Crippen LogP contribution in [0.5, 0.6) is 5.75 Å². The molecular formula is C27H23F2N3O7S. The zero-order valence-electron chi connectivity index (χ0n) is 21.2. The molecule has 13 heteroatoms. The molecule has 4 heterocycles. The molecule has 208 valence electrons. The van der Waals surface area contributed by atoms with Crippen molar-refractivity contribution < 1.29 is 37.3 Å². The highest BCUT2D eigenvalue weighted by Crippen LogP contribution is 2.45. The summed E-state index contributed by atoms with van der Waals surface area (Å²) in [7, 11) is 1.12. The summed E-state index contributed by atoms with van der Waals surface area (Å²) in [5.41, 5.74) is 0.815. The van der Waals surface area contributed by atoms with Crippen molar-refractivity contribution in [2.45, 2.75) is 22.9 Å². The van der Waals surface area contributed by atoms with E-state index in [0.29, 0.717) is 5.56 Å². The van der Waals surface area contributed by atoms with Crippen LogP contribution in [0.25, 0.3) is 0 Å².